The molecule has 0 aliphatic rings. The lowest BCUT2D eigenvalue weighted by Gasteiger charge is -2.07. The van der Waals surface area contributed by atoms with Crippen LogP contribution < -0.4 is 15.0 Å². The number of halogens is 2. The monoisotopic (exact) mass is 491 g/mol. The summed E-state index contributed by atoms with van der Waals surface area (Å²) in [6.45, 7) is -0.475. The zero-order valence-electron chi connectivity index (χ0n) is 17.3. The molecule has 0 saturated carbocycles. The van der Waals surface area contributed by atoms with Gasteiger partial charge in [-0.25, -0.2) is 27.4 Å². The molecule has 176 valence electrons. The van der Waals surface area contributed by atoms with Gasteiger partial charge in [0, 0.05) is 18.7 Å². The number of aromatic nitrogens is 3. The molecule has 34 heavy (non-hydrogen) atoms. The molecule has 4 N–H and O–H groups in total. The second-order valence-electron chi connectivity index (χ2n) is 7.05. The van der Waals surface area contributed by atoms with Crippen LogP contribution in [0.1, 0.15) is 11.3 Å². The van der Waals surface area contributed by atoms with Crippen molar-refractivity contribution in [2.45, 2.75) is 13.2 Å². The molecule has 3 heterocycles. The van der Waals surface area contributed by atoms with E-state index in [1.807, 2.05) is 0 Å². The third-order valence-corrected chi connectivity index (χ3v) is 5.05. The van der Waals surface area contributed by atoms with E-state index in [4.69, 9.17) is 24.8 Å². The largest absolute Gasteiger partial charge is 0.472 e. The van der Waals surface area contributed by atoms with Gasteiger partial charge in [-0.2, -0.15) is 0 Å². The summed E-state index contributed by atoms with van der Waals surface area (Å²) in [5.74, 6) is -1.52. The van der Waals surface area contributed by atoms with Gasteiger partial charge in [-0.1, -0.05) is 17.3 Å². The molecule has 4 aromatic rings. The Morgan fingerprint density at radius 1 is 1.12 bits per heavy atom. The molecule has 0 unspecified atom stereocenters. The second-order valence-corrected chi connectivity index (χ2v) is 8.29. The van der Waals surface area contributed by atoms with Gasteiger partial charge in [0.15, 0.2) is 23.1 Å². The third-order valence-electron chi connectivity index (χ3n) is 4.60. The first-order valence-corrected chi connectivity index (χ1v) is 11.2. The van der Waals surface area contributed by atoms with Gasteiger partial charge in [-0.15, -0.1) is 0 Å². The van der Waals surface area contributed by atoms with E-state index in [0.717, 1.165) is 0 Å². The van der Waals surface area contributed by atoms with E-state index >= 15 is 0 Å². The van der Waals surface area contributed by atoms with E-state index in [1.54, 1.807) is 24.3 Å². The Balaban J connectivity index is 1.49. The Bertz CT molecular complexity index is 1380. The standard InChI is InChI=1S/C21H17F2N4O6P/c22-16-5-1-2-6-18(16)32-21-17(23)9-13(11-25-21)8-14-10-19(33-26-14)15-4-3-7-27(20(15)24)12-31-34(28,29)30/h1-7,9-11,24H,8,12H2,(H2,28,29,30)/p+1. The quantitative estimate of drug-likeness (QED) is 0.250. The minimum atomic E-state index is -4.68. The first-order valence-electron chi connectivity index (χ1n) is 9.70. The number of nitrogens with two attached hydrogens (primary N) is 1. The SMILES string of the molecule is Nc1c(-c2cc(Cc3cnc(Oc4ccccc4F)c(F)c3)no2)ccc[n+]1COP(=O)(O)O. The number of nitrogen functional groups attached to an aromatic ring is 1. The highest BCUT2D eigenvalue weighted by Crippen LogP contribution is 2.35. The maximum Gasteiger partial charge on any atom is 0.472 e. The molecule has 13 heteroatoms. The molecule has 0 atom stereocenters. The molecule has 0 aliphatic heterocycles. The van der Waals surface area contributed by atoms with Crippen LogP contribution in [0.15, 0.2) is 65.4 Å². The van der Waals surface area contributed by atoms with Crippen molar-refractivity contribution in [3.63, 3.8) is 0 Å². The van der Waals surface area contributed by atoms with Crippen molar-refractivity contribution in [3.8, 4) is 23.0 Å². The molecular formula is C21H18F2N4O6P+. The van der Waals surface area contributed by atoms with Crippen molar-refractivity contribution in [2.75, 3.05) is 5.73 Å². The van der Waals surface area contributed by atoms with E-state index < -0.39 is 26.2 Å². The fourth-order valence-corrected chi connectivity index (χ4v) is 3.30. The highest BCUT2D eigenvalue weighted by molar-refractivity contribution is 7.46. The van der Waals surface area contributed by atoms with Gasteiger partial charge in [-0.3, -0.25) is 5.73 Å². The number of para-hydroxylation sites is 1. The van der Waals surface area contributed by atoms with Gasteiger partial charge >= 0.3 is 7.82 Å². The molecule has 0 radical (unpaired) electrons. The molecule has 0 fully saturated rings. The van der Waals surface area contributed by atoms with Gasteiger partial charge in [0.25, 0.3) is 11.7 Å². The number of hydrogen-bond acceptors (Lipinski definition) is 7. The number of anilines is 1. The van der Waals surface area contributed by atoms with E-state index in [2.05, 4.69) is 14.7 Å². The fourth-order valence-electron chi connectivity index (χ4n) is 3.02. The first kappa shape index (κ1) is 23.5. The summed E-state index contributed by atoms with van der Waals surface area (Å²) >= 11 is 0. The Hall–Kier alpha value is -3.70. The molecule has 0 spiro atoms. The number of ether oxygens (including phenoxy) is 1. The van der Waals surface area contributed by atoms with Crippen molar-refractivity contribution in [1.29, 1.82) is 0 Å². The molecule has 0 aliphatic carbocycles. The molecule has 4 rings (SSSR count). The summed E-state index contributed by atoms with van der Waals surface area (Å²) in [4.78, 5) is 21.7. The second kappa shape index (κ2) is 9.65. The Labute approximate surface area is 191 Å². The van der Waals surface area contributed by atoms with Gasteiger partial charge < -0.3 is 19.0 Å². The van der Waals surface area contributed by atoms with Crippen molar-refractivity contribution in [3.05, 3.63) is 83.8 Å². The Kier molecular flexibility index (Phi) is 6.66. The number of benzene rings is 1. The molecule has 3 aromatic heterocycles. The highest BCUT2D eigenvalue weighted by Gasteiger charge is 2.21. The van der Waals surface area contributed by atoms with Gasteiger partial charge in [0.05, 0.1) is 11.9 Å². The average molecular weight is 491 g/mol. The molecule has 0 amide bonds. The number of pyridine rings is 2. The topological polar surface area (TPSA) is 145 Å². The van der Waals surface area contributed by atoms with Crippen molar-refractivity contribution >= 4 is 13.6 Å². The van der Waals surface area contributed by atoms with Crippen LogP contribution in [0.2, 0.25) is 0 Å². The predicted octanol–water partition coefficient (Wildman–Crippen LogP) is 3.33. The number of nitrogens with zero attached hydrogens (tertiary/aromatic N) is 3. The molecule has 0 bridgehead atoms. The van der Waals surface area contributed by atoms with Crippen LogP contribution in [-0.2, 0) is 22.2 Å². The lowest BCUT2D eigenvalue weighted by atomic mass is 10.1. The van der Waals surface area contributed by atoms with Gasteiger partial charge in [0.2, 0.25) is 6.73 Å². The fraction of sp³-hybridized carbons (Fsp3) is 0.0952. The third kappa shape index (κ3) is 5.61. The Morgan fingerprint density at radius 2 is 1.91 bits per heavy atom. The van der Waals surface area contributed by atoms with Crippen LogP contribution in [0.5, 0.6) is 11.6 Å². The number of hydrogen-bond donors (Lipinski definition) is 3. The van der Waals surface area contributed by atoms with Crippen LogP contribution in [-0.4, -0.2) is 19.9 Å². The lowest BCUT2D eigenvalue weighted by Crippen LogP contribution is -2.38. The van der Waals surface area contributed by atoms with Crippen molar-refractivity contribution in [1.82, 2.24) is 10.1 Å². The average Bonchev–Trinajstić information content (AvgIpc) is 3.24. The summed E-state index contributed by atoms with van der Waals surface area (Å²) in [5, 5.41) is 3.95. The van der Waals surface area contributed by atoms with Crippen molar-refractivity contribution < 1.29 is 41.5 Å². The normalized spacial score (nSPS) is 11.5. The lowest BCUT2D eigenvalue weighted by molar-refractivity contribution is -0.711. The van der Waals surface area contributed by atoms with E-state index in [0.29, 0.717) is 16.8 Å². The van der Waals surface area contributed by atoms with Crippen LogP contribution in [0.3, 0.4) is 0 Å². The maximum absolute atomic E-state index is 14.5. The smallest absolute Gasteiger partial charge is 0.433 e. The maximum atomic E-state index is 14.5. The molecular weight excluding hydrogens is 473 g/mol. The number of phosphoric acid groups is 1. The first-order chi connectivity index (χ1) is 16.2. The number of phosphoric ester groups is 1. The highest BCUT2D eigenvalue weighted by atomic mass is 31.2. The summed E-state index contributed by atoms with van der Waals surface area (Å²) in [7, 11) is -4.68. The van der Waals surface area contributed by atoms with E-state index in [1.165, 1.54) is 41.2 Å². The van der Waals surface area contributed by atoms with E-state index in [9.17, 15) is 13.3 Å². The summed E-state index contributed by atoms with van der Waals surface area (Å²) < 4.78 is 55.4. The van der Waals surface area contributed by atoms with Crippen LogP contribution >= 0.6 is 7.82 Å². The van der Waals surface area contributed by atoms with Gasteiger partial charge in [0.1, 0.15) is 5.56 Å². The minimum Gasteiger partial charge on any atom is -0.433 e. The van der Waals surface area contributed by atoms with Gasteiger partial charge in [-0.05, 0) is 35.9 Å². The van der Waals surface area contributed by atoms with Crippen LogP contribution in [0.4, 0.5) is 14.6 Å². The summed E-state index contributed by atoms with van der Waals surface area (Å²) in [5.41, 5.74) is 7.38. The number of rotatable bonds is 8. The van der Waals surface area contributed by atoms with Crippen molar-refractivity contribution in [2.24, 2.45) is 0 Å². The van der Waals surface area contributed by atoms with E-state index in [-0.39, 0.29) is 29.6 Å². The van der Waals surface area contributed by atoms with Crippen LogP contribution in [0.25, 0.3) is 11.3 Å². The summed E-state index contributed by atoms with van der Waals surface area (Å²) in [6.07, 6.45) is 3.02. The minimum absolute atomic E-state index is 0.126. The molecule has 0 saturated heterocycles. The summed E-state index contributed by atoms with van der Waals surface area (Å²) in [6, 6.07) is 11.6. The molecule has 1 aromatic carbocycles. The zero-order valence-corrected chi connectivity index (χ0v) is 18.2. The predicted molar refractivity (Wildman–Crippen MR) is 113 cm³/mol. The van der Waals surface area contributed by atoms with Crippen LogP contribution in [0, 0.1) is 11.6 Å². The molecule has 10 nitrogen and oxygen atoms in total. The Morgan fingerprint density at radius 3 is 2.65 bits per heavy atom. The zero-order chi connectivity index (χ0) is 24.3.